The summed E-state index contributed by atoms with van der Waals surface area (Å²) in [4.78, 5) is 20.8. The van der Waals surface area contributed by atoms with Crippen LogP contribution in [0.5, 0.6) is 0 Å². The minimum Gasteiger partial charge on any atom is -0.324 e. The topological polar surface area (TPSA) is 84.0 Å². The lowest BCUT2D eigenvalue weighted by molar-refractivity contribution is 0.102. The zero-order valence-corrected chi connectivity index (χ0v) is 19.3. The van der Waals surface area contributed by atoms with Gasteiger partial charge in [0.25, 0.3) is 5.91 Å². The second-order valence-electron chi connectivity index (χ2n) is 6.31. The van der Waals surface area contributed by atoms with Gasteiger partial charge in [0, 0.05) is 28.8 Å². The van der Waals surface area contributed by atoms with Gasteiger partial charge >= 0.3 is 7.80 Å². The van der Waals surface area contributed by atoms with Crippen molar-refractivity contribution in [3.8, 4) is 0 Å². The third-order valence-corrected chi connectivity index (χ3v) is 3.57. The number of benzene rings is 2. The summed E-state index contributed by atoms with van der Waals surface area (Å²) in [5, 5.41) is 6.10. The fourth-order valence-electron chi connectivity index (χ4n) is 2.26. The molecule has 1 amide bonds. The number of aromatic nitrogens is 2. The Balaban J connectivity index is 0.000000673. The van der Waals surface area contributed by atoms with Gasteiger partial charge in [-0.3, -0.25) is 4.79 Å². The van der Waals surface area contributed by atoms with Crippen LogP contribution in [0.15, 0.2) is 60.8 Å². The van der Waals surface area contributed by atoms with E-state index in [0.717, 1.165) is 16.9 Å². The summed E-state index contributed by atoms with van der Waals surface area (Å²) in [6.07, 6.45) is 1.71. The molecule has 0 saturated carbocycles. The number of nitrogens with one attached hydrogen (secondary N) is 2. The van der Waals surface area contributed by atoms with Crippen LogP contribution >= 0.6 is 7.80 Å². The maximum absolute atomic E-state index is 12.3. The fraction of sp³-hybridized carbons (Fsp3) is 0.261. The van der Waals surface area contributed by atoms with Crippen molar-refractivity contribution in [3.05, 3.63) is 77.6 Å². The SMILES string of the molecule is CC.C[P+](C)=O.Cc1ccnc(Nc2cc(NC(=O)c3ccccc3)ccc2C)n1. The first-order valence-corrected chi connectivity index (χ1v) is 11.9. The van der Waals surface area contributed by atoms with Crippen LogP contribution in [-0.4, -0.2) is 29.2 Å². The summed E-state index contributed by atoms with van der Waals surface area (Å²) < 4.78 is 9.59. The van der Waals surface area contributed by atoms with Crippen molar-refractivity contribution in [2.45, 2.75) is 27.7 Å². The Morgan fingerprint density at radius 3 is 2.20 bits per heavy atom. The van der Waals surface area contributed by atoms with Crippen LogP contribution < -0.4 is 10.6 Å². The lowest BCUT2D eigenvalue weighted by Crippen LogP contribution is -2.12. The van der Waals surface area contributed by atoms with Gasteiger partial charge in [0.1, 0.15) is 13.3 Å². The number of hydrogen-bond acceptors (Lipinski definition) is 5. The van der Waals surface area contributed by atoms with E-state index in [2.05, 4.69) is 20.6 Å². The normalized spacial score (nSPS) is 9.27. The second-order valence-corrected chi connectivity index (χ2v) is 7.93. The van der Waals surface area contributed by atoms with Gasteiger partial charge in [-0.2, -0.15) is 0 Å². The van der Waals surface area contributed by atoms with Crippen LogP contribution in [0.2, 0.25) is 0 Å². The summed E-state index contributed by atoms with van der Waals surface area (Å²) >= 11 is 0. The monoisotopic (exact) mass is 425 g/mol. The Bertz CT molecular complexity index is 958. The van der Waals surface area contributed by atoms with Crippen molar-refractivity contribution in [2.24, 2.45) is 0 Å². The molecule has 3 rings (SSSR count). The van der Waals surface area contributed by atoms with E-state index in [1.165, 1.54) is 0 Å². The molecule has 0 aliphatic heterocycles. The zero-order chi connectivity index (χ0) is 22.5. The number of carbonyl (C=O) groups excluding carboxylic acids is 1. The summed E-state index contributed by atoms with van der Waals surface area (Å²) in [5.41, 5.74) is 4.11. The number of hydrogen-bond donors (Lipinski definition) is 2. The van der Waals surface area contributed by atoms with Gasteiger partial charge in [-0.05, 0) is 49.7 Å². The molecule has 2 aromatic carbocycles. The molecular weight excluding hydrogens is 395 g/mol. The Labute approximate surface area is 180 Å². The number of amides is 1. The van der Waals surface area contributed by atoms with Gasteiger partial charge in [0.2, 0.25) is 5.95 Å². The molecule has 1 heterocycles. The molecule has 7 heteroatoms. The van der Waals surface area contributed by atoms with Gasteiger partial charge in [-0.1, -0.05) is 42.7 Å². The summed E-state index contributed by atoms with van der Waals surface area (Å²) in [5.74, 6) is 0.391. The van der Waals surface area contributed by atoms with Crippen molar-refractivity contribution in [1.29, 1.82) is 0 Å². The van der Waals surface area contributed by atoms with E-state index in [1.807, 2.05) is 70.2 Å². The molecule has 0 aliphatic carbocycles. The minimum atomic E-state index is -0.870. The molecule has 0 radical (unpaired) electrons. The van der Waals surface area contributed by atoms with E-state index >= 15 is 0 Å². The molecule has 6 nitrogen and oxygen atoms in total. The van der Waals surface area contributed by atoms with Crippen LogP contribution in [0.25, 0.3) is 0 Å². The number of carbonyl (C=O) groups is 1. The maximum Gasteiger partial charge on any atom is 0.332 e. The average Bonchev–Trinajstić information content (AvgIpc) is 2.72. The van der Waals surface area contributed by atoms with Gasteiger partial charge in [-0.15, -0.1) is 0 Å². The van der Waals surface area contributed by atoms with E-state index in [1.54, 1.807) is 31.7 Å². The van der Waals surface area contributed by atoms with Gasteiger partial charge < -0.3 is 10.6 Å². The first kappa shape index (κ1) is 24.9. The van der Waals surface area contributed by atoms with Crippen LogP contribution in [0.1, 0.15) is 35.5 Å². The Kier molecular flexibility index (Phi) is 10.9. The highest BCUT2D eigenvalue weighted by Gasteiger charge is 2.08. The van der Waals surface area contributed by atoms with Crippen molar-refractivity contribution in [1.82, 2.24) is 9.97 Å². The highest BCUT2D eigenvalue weighted by molar-refractivity contribution is 7.42. The molecule has 30 heavy (non-hydrogen) atoms. The van der Waals surface area contributed by atoms with Crippen molar-refractivity contribution >= 4 is 31.0 Å². The van der Waals surface area contributed by atoms with E-state index in [-0.39, 0.29) is 5.91 Å². The molecule has 158 valence electrons. The Hall–Kier alpha value is -3.11. The van der Waals surface area contributed by atoms with E-state index < -0.39 is 7.80 Å². The van der Waals surface area contributed by atoms with Crippen molar-refractivity contribution in [2.75, 3.05) is 24.0 Å². The molecule has 2 N–H and O–H groups in total. The van der Waals surface area contributed by atoms with Gasteiger partial charge in [0.05, 0.1) is 0 Å². The molecule has 0 aliphatic rings. The van der Waals surface area contributed by atoms with Crippen LogP contribution in [-0.2, 0) is 4.57 Å². The van der Waals surface area contributed by atoms with E-state index in [4.69, 9.17) is 0 Å². The smallest absolute Gasteiger partial charge is 0.324 e. The Morgan fingerprint density at radius 1 is 0.967 bits per heavy atom. The lowest BCUT2D eigenvalue weighted by atomic mass is 10.1. The Morgan fingerprint density at radius 2 is 1.60 bits per heavy atom. The fourth-order valence-corrected chi connectivity index (χ4v) is 2.26. The lowest BCUT2D eigenvalue weighted by Gasteiger charge is -2.11. The predicted octanol–water partition coefficient (Wildman–Crippen LogP) is 6.19. The van der Waals surface area contributed by atoms with Crippen molar-refractivity contribution < 1.29 is 9.36 Å². The molecule has 0 spiro atoms. The number of anilines is 3. The largest absolute Gasteiger partial charge is 0.332 e. The zero-order valence-electron chi connectivity index (χ0n) is 18.4. The average molecular weight is 425 g/mol. The van der Waals surface area contributed by atoms with Crippen LogP contribution in [0.4, 0.5) is 17.3 Å². The molecule has 1 aromatic heterocycles. The standard InChI is InChI=1S/C19H18N4O.C2H6OP.C2H6/c1-13-8-9-16(22-18(24)15-6-4-3-5-7-15)12-17(13)23-19-20-11-10-14(2)21-19;1-4(2)3;1-2/h3-12H,1-2H3,(H,22,24)(H,20,21,23);1-2H3;1-2H3/q;+1;. The van der Waals surface area contributed by atoms with Gasteiger partial charge in [0.15, 0.2) is 0 Å². The first-order chi connectivity index (χ1) is 14.3. The first-order valence-electron chi connectivity index (χ1n) is 9.73. The molecular formula is C23H30N4O2P+. The minimum absolute atomic E-state index is 0.141. The summed E-state index contributed by atoms with van der Waals surface area (Å²) in [6, 6.07) is 16.7. The highest BCUT2D eigenvalue weighted by Crippen LogP contribution is 2.23. The molecule has 0 unspecified atom stereocenters. The molecule has 0 saturated heterocycles. The quantitative estimate of drug-likeness (QED) is 0.487. The maximum atomic E-state index is 12.3. The highest BCUT2D eigenvalue weighted by atomic mass is 31.1. The van der Waals surface area contributed by atoms with Crippen LogP contribution in [0.3, 0.4) is 0 Å². The summed E-state index contributed by atoms with van der Waals surface area (Å²) in [7, 11) is -0.870. The number of aryl methyl sites for hydroxylation is 2. The summed E-state index contributed by atoms with van der Waals surface area (Å²) in [6.45, 7) is 11.3. The molecule has 3 aromatic rings. The number of nitrogens with zero attached hydrogens (tertiary/aromatic N) is 2. The molecule has 0 atom stereocenters. The molecule has 0 fully saturated rings. The van der Waals surface area contributed by atoms with Gasteiger partial charge in [-0.25, -0.2) is 9.97 Å². The second kappa shape index (κ2) is 13.2. The third kappa shape index (κ3) is 8.93. The van der Waals surface area contributed by atoms with Crippen molar-refractivity contribution in [3.63, 3.8) is 0 Å². The molecule has 0 bridgehead atoms. The predicted molar refractivity (Wildman–Crippen MR) is 126 cm³/mol. The van der Waals surface area contributed by atoms with E-state index in [9.17, 15) is 9.36 Å². The number of rotatable bonds is 4. The third-order valence-electron chi connectivity index (χ3n) is 3.57. The van der Waals surface area contributed by atoms with Crippen LogP contribution in [0, 0.1) is 13.8 Å². The van der Waals surface area contributed by atoms with E-state index in [0.29, 0.717) is 17.2 Å².